The van der Waals surface area contributed by atoms with Crippen LogP contribution in [0.5, 0.6) is 11.5 Å². The molecule has 0 aliphatic carbocycles. The lowest BCUT2D eigenvalue weighted by molar-refractivity contribution is 0.102. The molecule has 11 nitrogen and oxygen atoms in total. The zero-order valence-electron chi connectivity index (χ0n) is 19.5. The number of amides is 1. The molecule has 0 atom stereocenters. The van der Waals surface area contributed by atoms with E-state index in [4.69, 9.17) is 9.84 Å². The minimum absolute atomic E-state index is 0.0814. The number of ether oxygens (including phenoxy) is 1. The Morgan fingerprint density at radius 1 is 1.05 bits per heavy atom. The third-order valence-corrected chi connectivity index (χ3v) is 5.40. The fraction of sp³-hybridized carbons (Fsp3) is 0.0800. The van der Waals surface area contributed by atoms with Gasteiger partial charge < -0.3 is 20.5 Å². The molecule has 1 amide bonds. The normalized spacial score (nSPS) is 10.9. The zero-order valence-corrected chi connectivity index (χ0v) is 19.5. The number of carbonyl (C=O) groups excluding carboxylic acids is 1. The maximum Gasteiger partial charge on any atom is 0.284 e. The molecule has 0 aliphatic heterocycles. The number of benzene rings is 2. The number of nitrogens with one attached hydrogen (secondary N) is 3. The molecular weight excluding hydrogens is 500 g/mol. The molecule has 0 unspecified atom stereocenters. The molecule has 4 N–H and O–H groups in total. The molecule has 3 aromatic heterocycles. The van der Waals surface area contributed by atoms with Crippen molar-refractivity contribution in [2.75, 3.05) is 23.8 Å². The number of H-pyrrole nitrogens is 1. The molecule has 3 heterocycles. The maximum absolute atomic E-state index is 14.9. The highest BCUT2D eigenvalue weighted by Gasteiger charge is 2.17. The van der Waals surface area contributed by atoms with Crippen molar-refractivity contribution in [1.82, 2.24) is 25.0 Å². The Morgan fingerprint density at radius 3 is 2.63 bits per heavy atom. The maximum atomic E-state index is 14.9. The number of aromatic nitrogens is 5. The summed E-state index contributed by atoms with van der Waals surface area (Å²) in [5.41, 5.74) is -0.221. The molecule has 5 rings (SSSR count). The first-order valence-electron chi connectivity index (χ1n) is 11.3. The van der Waals surface area contributed by atoms with Crippen molar-refractivity contribution in [2.24, 2.45) is 0 Å². The van der Waals surface area contributed by atoms with Gasteiger partial charge in [0.25, 0.3) is 11.5 Å². The van der Waals surface area contributed by atoms with Gasteiger partial charge in [-0.15, -0.1) is 0 Å². The minimum atomic E-state index is -0.782. The molecule has 0 spiro atoms. The van der Waals surface area contributed by atoms with Crippen molar-refractivity contribution in [3.63, 3.8) is 0 Å². The average molecular weight is 519 g/mol. The SMILES string of the molecule is O=C(Nc1ccc(Oc2ccnc3[nH]nc(NCCO)c23)c(F)c1)c1ccnn(-c2ccc(F)cc2)c1=O. The van der Waals surface area contributed by atoms with Gasteiger partial charge in [0.15, 0.2) is 23.0 Å². The van der Waals surface area contributed by atoms with E-state index < -0.39 is 23.1 Å². The Bertz CT molecular complexity index is 1690. The van der Waals surface area contributed by atoms with E-state index in [1.54, 1.807) is 0 Å². The second-order valence-corrected chi connectivity index (χ2v) is 7.89. The average Bonchev–Trinajstić information content (AvgIpc) is 3.33. The number of rotatable bonds is 8. The fourth-order valence-corrected chi connectivity index (χ4v) is 3.64. The number of nitrogens with zero attached hydrogens (tertiary/aromatic N) is 4. The van der Waals surface area contributed by atoms with E-state index in [9.17, 15) is 18.4 Å². The summed E-state index contributed by atoms with van der Waals surface area (Å²) in [5, 5.41) is 25.7. The van der Waals surface area contributed by atoms with E-state index in [-0.39, 0.29) is 41.6 Å². The summed E-state index contributed by atoms with van der Waals surface area (Å²) in [4.78, 5) is 29.8. The molecular formula is C25H19F2N7O4. The van der Waals surface area contributed by atoms with E-state index in [1.807, 2.05) is 0 Å². The van der Waals surface area contributed by atoms with Gasteiger partial charge in [-0.1, -0.05) is 0 Å². The van der Waals surface area contributed by atoms with Gasteiger partial charge in [-0.2, -0.15) is 14.9 Å². The monoisotopic (exact) mass is 519 g/mol. The summed E-state index contributed by atoms with van der Waals surface area (Å²) >= 11 is 0. The van der Waals surface area contributed by atoms with Crippen LogP contribution in [0.1, 0.15) is 10.4 Å². The number of pyridine rings is 1. The third-order valence-electron chi connectivity index (χ3n) is 5.40. The first-order valence-corrected chi connectivity index (χ1v) is 11.3. The number of hydrogen-bond acceptors (Lipinski definition) is 8. The molecule has 0 saturated carbocycles. The smallest absolute Gasteiger partial charge is 0.284 e. The van der Waals surface area contributed by atoms with Crippen molar-refractivity contribution >= 4 is 28.4 Å². The molecule has 2 aromatic carbocycles. The Labute approximate surface area is 212 Å². The van der Waals surface area contributed by atoms with Crippen molar-refractivity contribution < 1.29 is 23.4 Å². The number of hydrogen-bond donors (Lipinski definition) is 4. The van der Waals surface area contributed by atoms with Crippen molar-refractivity contribution in [3.8, 4) is 17.2 Å². The third kappa shape index (κ3) is 4.90. The summed E-state index contributed by atoms with van der Waals surface area (Å²) < 4.78 is 34.9. The van der Waals surface area contributed by atoms with Gasteiger partial charge in [0.05, 0.1) is 12.3 Å². The van der Waals surface area contributed by atoms with Crippen LogP contribution >= 0.6 is 0 Å². The molecule has 0 saturated heterocycles. The Morgan fingerprint density at radius 2 is 1.87 bits per heavy atom. The van der Waals surface area contributed by atoms with E-state index in [0.29, 0.717) is 16.9 Å². The minimum Gasteiger partial charge on any atom is -0.453 e. The van der Waals surface area contributed by atoms with E-state index >= 15 is 0 Å². The van der Waals surface area contributed by atoms with Crippen LogP contribution in [0.15, 0.2) is 71.8 Å². The lowest BCUT2D eigenvalue weighted by Gasteiger charge is -2.11. The van der Waals surface area contributed by atoms with Crippen LogP contribution in [0.4, 0.5) is 20.3 Å². The van der Waals surface area contributed by atoms with Gasteiger partial charge in [-0.25, -0.2) is 13.8 Å². The van der Waals surface area contributed by atoms with Gasteiger partial charge in [-0.3, -0.25) is 14.7 Å². The van der Waals surface area contributed by atoms with E-state index in [0.717, 1.165) is 10.7 Å². The van der Waals surface area contributed by atoms with Crippen LogP contribution in [0.25, 0.3) is 16.7 Å². The van der Waals surface area contributed by atoms with Gasteiger partial charge in [0.2, 0.25) is 0 Å². The van der Waals surface area contributed by atoms with Crippen molar-refractivity contribution in [3.05, 3.63) is 94.5 Å². The predicted molar refractivity (Wildman–Crippen MR) is 134 cm³/mol. The molecule has 5 aromatic rings. The number of aliphatic hydroxyl groups is 1. The molecule has 13 heteroatoms. The Balaban J connectivity index is 1.36. The van der Waals surface area contributed by atoms with Crippen LogP contribution in [-0.4, -0.2) is 49.1 Å². The number of aliphatic hydroxyl groups excluding tert-OH is 1. The number of anilines is 2. The Kier molecular flexibility index (Phi) is 6.74. The first kappa shape index (κ1) is 24.5. The van der Waals surface area contributed by atoms with Gasteiger partial charge in [0.1, 0.15) is 22.5 Å². The summed E-state index contributed by atoms with van der Waals surface area (Å²) in [6, 6.07) is 11.6. The molecule has 192 valence electrons. The highest BCUT2D eigenvalue weighted by atomic mass is 19.1. The molecule has 38 heavy (non-hydrogen) atoms. The fourth-order valence-electron chi connectivity index (χ4n) is 3.64. The van der Waals surface area contributed by atoms with Crippen LogP contribution in [0, 0.1) is 11.6 Å². The van der Waals surface area contributed by atoms with Gasteiger partial charge >= 0.3 is 0 Å². The van der Waals surface area contributed by atoms with Gasteiger partial charge in [-0.05, 0) is 42.5 Å². The topological polar surface area (TPSA) is 147 Å². The second kappa shape index (κ2) is 10.4. The quantitative estimate of drug-likeness (QED) is 0.244. The van der Waals surface area contributed by atoms with Crippen molar-refractivity contribution in [1.29, 1.82) is 0 Å². The molecule has 0 radical (unpaired) electrons. The van der Waals surface area contributed by atoms with Crippen molar-refractivity contribution in [2.45, 2.75) is 0 Å². The number of halogens is 2. The largest absolute Gasteiger partial charge is 0.453 e. The highest BCUT2D eigenvalue weighted by Crippen LogP contribution is 2.34. The predicted octanol–water partition coefficient (Wildman–Crippen LogP) is 3.23. The van der Waals surface area contributed by atoms with Gasteiger partial charge in [0, 0.05) is 36.8 Å². The summed E-state index contributed by atoms with van der Waals surface area (Å²) in [6.07, 6.45) is 2.72. The number of aromatic amines is 1. The van der Waals surface area contributed by atoms with Crippen LogP contribution < -0.4 is 20.9 Å². The van der Waals surface area contributed by atoms with E-state index in [1.165, 1.54) is 60.9 Å². The van der Waals surface area contributed by atoms with Crippen LogP contribution in [0.3, 0.4) is 0 Å². The standard InChI is InChI=1S/C25H19F2N7O4/c26-14-1-4-16(5-2-14)34-25(37)17(7-10-30-34)24(36)31-15-3-6-19(18(27)13-15)38-20-8-9-28-22-21(20)23(33-32-22)29-11-12-35/h1-10,13,35H,11-12H2,(H,31,36)(H2,28,29,32,33). The zero-order chi connectivity index (χ0) is 26.6. The second-order valence-electron chi connectivity index (χ2n) is 7.89. The lowest BCUT2D eigenvalue weighted by Crippen LogP contribution is -2.29. The lowest BCUT2D eigenvalue weighted by atomic mass is 10.2. The first-order chi connectivity index (χ1) is 18.4. The molecule has 0 bridgehead atoms. The molecule has 0 fully saturated rings. The number of fused-ring (bicyclic) bond motifs is 1. The number of carbonyl (C=O) groups is 1. The molecule has 0 aliphatic rings. The summed E-state index contributed by atoms with van der Waals surface area (Å²) in [5.74, 6) is -1.53. The Hall–Kier alpha value is -5.17. The summed E-state index contributed by atoms with van der Waals surface area (Å²) in [6.45, 7) is 0.121. The summed E-state index contributed by atoms with van der Waals surface area (Å²) in [7, 11) is 0. The van der Waals surface area contributed by atoms with E-state index in [2.05, 4.69) is 30.9 Å². The highest BCUT2D eigenvalue weighted by molar-refractivity contribution is 6.04. The van der Waals surface area contributed by atoms with Crippen LogP contribution in [0.2, 0.25) is 0 Å². The van der Waals surface area contributed by atoms with Crippen LogP contribution in [-0.2, 0) is 0 Å².